The summed E-state index contributed by atoms with van der Waals surface area (Å²) in [5, 5.41) is 3.03. The van der Waals surface area contributed by atoms with Crippen LogP contribution in [0.25, 0.3) is 0 Å². The number of amides is 2. The van der Waals surface area contributed by atoms with Crippen molar-refractivity contribution in [3.63, 3.8) is 0 Å². The van der Waals surface area contributed by atoms with Crippen molar-refractivity contribution in [1.82, 2.24) is 10.2 Å². The molecule has 1 atom stereocenters. The number of hydrogen-bond donors (Lipinski definition) is 1. The summed E-state index contributed by atoms with van der Waals surface area (Å²) in [4.78, 5) is 14.2. The number of carbonyl (C=O) groups excluding carboxylic acids is 1. The fourth-order valence-electron chi connectivity index (χ4n) is 3.48. The standard InChI is InChI=1S/C20H30N2O3/c23-20(21-12-9-17-6-2-1-3-7-17)22-13-10-18(11-14-22)25-16-19-8-4-5-15-24-19/h1-3,6-7,18-19H,4-5,8-16H2,(H,21,23). The van der Waals surface area contributed by atoms with E-state index in [1.165, 1.54) is 18.4 Å². The summed E-state index contributed by atoms with van der Waals surface area (Å²) in [6, 6.07) is 10.3. The van der Waals surface area contributed by atoms with Gasteiger partial charge in [0, 0.05) is 26.2 Å². The van der Waals surface area contributed by atoms with Crippen molar-refractivity contribution in [2.75, 3.05) is 32.8 Å². The molecule has 1 unspecified atom stereocenters. The summed E-state index contributed by atoms with van der Waals surface area (Å²) >= 11 is 0. The van der Waals surface area contributed by atoms with Crippen LogP contribution in [0, 0.1) is 0 Å². The van der Waals surface area contributed by atoms with E-state index in [1.807, 2.05) is 23.1 Å². The number of carbonyl (C=O) groups is 1. The van der Waals surface area contributed by atoms with Gasteiger partial charge < -0.3 is 19.7 Å². The molecule has 2 saturated heterocycles. The molecule has 2 amide bonds. The highest BCUT2D eigenvalue weighted by Gasteiger charge is 2.24. The zero-order chi connectivity index (χ0) is 17.3. The summed E-state index contributed by atoms with van der Waals surface area (Å²) in [5.74, 6) is 0. The van der Waals surface area contributed by atoms with Crippen LogP contribution in [0.15, 0.2) is 30.3 Å². The zero-order valence-electron chi connectivity index (χ0n) is 15.0. The van der Waals surface area contributed by atoms with Gasteiger partial charge in [-0.2, -0.15) is 0 Å². The van der Waals surface area contributed by atoms with Crippen LogP contribution in [0.1, 0.15) is 37.7 Å². The van der Waals surface area contributed by atoms with E-state index < -0.39 is 0 Å². The summed E-state index contributed by atoms with van der Waals surface area (Å²) in [6.45, 7) is 3.79. The van der Waals surface area contributed by atoms with Crippen molar-refractivity contribution in [2.24, 2.45) is 0 Å². The third-order valence-corrected chi connectivity index (χ3v) is 5.05. The Morgan fingerprint density at radius 2 is 1.96 bits per heavy atom. The lowest BCUT2D eigenvalue weighted by Crippen LogP contribution is -2.46. The molecular weight excluding hydrogens is 316 g/mol. The number of benzene rings is 1. The first kappa shape index (κ1) is 18.2. The van der Waals surface area contributed by atoms with Gasteiger partial charge in [-0.15, -0.1) is 0 Å². The molecular formula is C20H30N2O3. The second-order valence-corrected chi connectivity index (χ2v) is 6.98. The number of rotatable bonds is 6. The van der Waals surface area contributed by atoms with E-state index >= 15 is 0 Å². The quantitative estimate of drug-likeness (QED) is 0.861. The van der Waals surface area contributed by atoms with E-state index in [9.17, 15) is 4.79 Å². The molecule has 1 aromatic rings. The van der Waals surface area contributed by atoms with E-state index in [1.54, 1.807) is 0 Å². The SMILES string of the molecule is O=C(NCCc1ccccc1)N1CCC(OCC2CCCCO2)CC1. The van der Waals surface area contributed by atoms with Gasteiger partial charge in [0.15, 0.2) is 0 Å². The second kappa shape index (κ2) is 9.78. The lowest BCUT2D eigenvalue weighted by molar-refractivity contribution is -0.0728. The maximum absolute atomic E-state index is 12.3. The highest BCUT2D eigenvalue weighted by molar-refractivity contribution is 5.74. The Morgan fingerprint density at radius 3 is 2.68 bits per heavy atom. The van der Waals surface area contributed by atoms with Gasteiger partial charge in [-0.3, -0.25) is 0 Å². The molecule has 5 nitrogen and oxygen atoms in total. The van der Waals surface area contributed by atoms with Crippen molar-refractivity contribution in [3.05, 3.63) is 35.9 Å². The average molecular weight is 346 g/mol. The molecule has 0 aliphatic carbocycles. The second-order valence-electron chi connectivity index (χ2n) is 6.98. The third-order valence-electron chi connectivity index (χ3n) is 5.05. The van der Waals surface area contributed by atoms with E-state index in [0.717, 1.165) is 45.4 Å². The largest absolute Gasteiger partial charge is 0.376 e. The molecule has 0 bridgehead atoms. The summed E-state index contributed by atoms with van der Waals surface area (Å²) in [5.41, 5.74) is 1.25. The first-order chi connectivity index (χ1) is 12.3. The Labute approximate surface area is 150 Å². The highest BCUT2D eigenvalue weighted by Crippen LogP contribution is 2.17. The first-order valence-electron chi connectivity index (χ1n) is 9.61. The number of nitrogens with zero attached hydrogens (tertiary/aromatic N) is 1. The molecule has 2 aliphatic rings. The third kappa shape index (κ3) is 6.01. The minimum absolute atomic E-state index is 0.0463. The molecule has 3 rings (SSSR count). The molecule has 2 heterocycles. The molecule has 25 heavy (non-hydrogen) atoms. The molecule has 138 valence electrons. The van der Waals surface area contributed by atoms with Crippen LogP contribution in [-0.2, 0) is 15.9 Å². The van der Waals surface area contributed by atoms with Crippen molar-refractivity contribution < 1.29 is 14.3 Å². The van der Waals surface area contributed by atoms with Crippen molar-refractivity contribution in [2.45, 2.75) is 50.7 Å². The van der Waals surface area contributed by atoms with Gasteiger partial charge in [-0.05, 0) is 44.1 Å². The predicted molar refractivity (Wildman–Crippen MR) is 97.7 cm³/mol. The van der Waals surface area contributed by atoms with E-state index in [0.29, 0.717) is 13.2 Å². The molecule has 5 heteroatoms. The summed E-state index contributed by atoms with van der Waals surface area (Å²) in [6.07, 6.45) is 6.77. The van der Waals surface area contributed by atoms with Gasteiger partial charge in [0.05, 0.1) is 18.8 Å². The zero-order valence-corrected chi connectivity index (χ0v) is 15.0. The molecule has 1 aromatic carbocycles. The monoisotopic (exact) mass is 346 g/mol. The minimum atomic E-state index is 0.0463. The number of piperidine rings is 1. The fraction of sp³-hybridized carbons (Fsp3) is 0.650. The van der Waals surface area contributed by atoms with Crippen LogP contribution >= 0.6 is 0 Å². The number of hydrogen-bond acceptors (Lipinski definition) is 3. The van der Waals surface area contributed by atoms with Crippen LogP contribution in [-0.4, -0.2) is 56.0 Å². The molecule has 0 aromatic heterocycles. The summed E-state index contributed by atoms with van der Waals surface area (Å²) in [7, 11) is 0. The van der Waals surface area contributed by atoms with Crippen molar-refractivity contribution >= 4 is 6.03 Å². The van der Waals surface area contributed by atoms with Crippen LogP contribution < -0.4 is 5.32 Å². The Hall–Kier alpha value is -1.59. The Bertz CT molecular complexity index is 509. The molecule has 0 radical (unpaired) electrons. The van der Waals surface area contributed by atoms with Gasteiger partial charge in [0.2, 0.25) is 0 Å². The maximum Gasteiger partial charge on any atom is 0.317 e. The minimum Gasteiger partial charge on any atom is -0.376 e. The number of likely N-dealkylation sites (tertiary alicyclic amines) is 1. The number of ether oxygens (including phenoxy) is 2. The van der Waals surface area contributed by atoms with Gasteiger partial charge in [0.1, 0.15) is 0 Å². The lowest BCUT2D eigenvalue weighted by atomic mass is 10.1. The topological polar surface area (TPSA) is 50.8 Å². The van der Waals surface area contributed by atoms with Gasteiger partial charge in [-0.25, -0.2) is 4.79 Å². The fourth-order valence-corrected chi connectivity index (χ4v) is 3.48. The first-order valence-corrected chi connectivity index (χ1v) is 9.61. The van der Waals surface area contributed by atoms with Crippen molar-refractivity contribution in [3.8, 4) is 0 Å². The number of nitrogens with one attached hydrogen (secondary N) is 1. The highest BCUT2D eigenvalue weighted by atomic mass is 16.5. The Kier molecular flexibility index (Phi) is 7.12. The lowest BCUT2D eigenvalue weighted by Gasteiger charge is -2.33. The molecule has 0 spiro atoms. The van der Waals surface area contributed by atoms with E-state index in [2.05, 4.69) is 17.4 Å². The summed E-state index contributed by atoms with van der Waals surface area (Å²) < 4.78 is 11.7. The molecule has 0 saturated carbocycles. The smallest absolute Gasteiger partial charge is 0.317 e. The normalized spacial score (nSPS) is 21.9. The Balaban J connectivity index is 1.29. The van der Waals surface area contributed by atoms with Crippen LogP contribution in [0.4, 0.5) is 4.79 Å². The molecule has 1 N–H and O–H groups in total. The Morgan fingerprint density at radius 1 is 1.16 bits per heavy atom. The predicted octanol–water partition coefficient (Wildman–Crippen LogP) is 2.99. The van der Waals surface area contributed by atoms with Crippen LogP contribution in [0.5, 0.6) is 0 Å². The van der Waals surface area contributed by atoms with Crippen LogP contribution in [0.2, 0.25) is 0 Å². The molecule has 2 fully saturated rings. The van der Waals surface area contributed by atoms with Crippen LogP contribution in [0.3, 0.4) is 0 Å². The van der Waals surface area contributed by atoms with Crippen molar-refractivity contribution in [1.29, 1.82) is 0 Å². The van der Waals surface area contributed by atoms with Gasteiger partial charge in [-0.1, -0.05) is 30.3 Å². The average Bonchev–Trinajstić information content (AvgIpc) is 2.68. The van der Waals surface area contributed by atoms with E-state index in [4.69, 9.17) is 9.47 Å². The van der Waals surface area contributed by atoms with Gasteiger partial charge in [0.25, 0.3) is 0 Å². The molecule has 2 aliphatic heterocycles. The van der Waals surface area contributed by atoms with E-state index in [-0.39, 0.29) is 18.2 Å². The van der Waals surface area contributed by atoms with Gasteiger partial charge >= 0.3 is 6.03 Å². The number of urea groups is 1. The maximum atomic E-state index is 12.3.